The number of likely N-dealkylation sites (tertiary alicyclic amines) is 1. The second-order valence-electron chi connectivity index (χ2n) is 5.01. The maximum atomic E-state index is 6.23. The summed E-state index contributed by atoms with van der Waals surface area (Å²) in [5, 5.41) is 0.827. The molecule has 17 heavy (non-hydrogen) atoms. The minimum Gasteiger partial charge on any atom is -0.399 e. The Balaban J connectivity index is 2.16. The molecule has 1 aromatic rings. The van der Waals surface area contributed by atoms with Gasteiger partial charge in [-0.25, -0.2) is 0 Å². The molecule has 0 aromatic heterocycles. The Morgan fingerprint density at radius 3 is 2.88 bits per heavy atom. The molecule has 0 spiro atoms. The van der Waals surface area contributed by atoms with Crippen molar-refractivity contribution in [1.29, 1.82) is 0 Å². The first kappa shape index (κ1) is 12.7. The minimum absolute atomic E-state index is 0.650. The fraction of sp³-hybridized carbons (Fsp3) is 0.571. The molecule has 2 unspecified atom stereocenters. The first-order chi connectivity index (χ1) is 8.11. The smallest absolute Gasteiger partial charge is 0.0452 e. The lowest BCUT2D eigenvalue weighted by atomic mass is 10.1. The van der Waals surface area contributed by atoms with E-state index in [0.29, 0.717) is 12.1 Å². The summed E-state index contributed by atoms with van der Waals surface area (Å²) in [5.41, 5.74) is 7.77. The monoisotopic (exact) mass is 252 g/mol. The van der Waals surface area contributed by atoms with Crippen molar-refractivity contribution in [2.45, 2.75) is 51.7 Å². The Bertz CT molecular complexity index is 392. The zero-order chi connectivity index (χ0) is 12.4. The van der Waals surface area contributed by atoms with Gasteiger partial charge in [-0.1, -0.05) is 18.5 Å². The predicted octanol–water partition coefficient (Wildman–Crippen LogP) is 3.69. The van der Waals surface area contributed by atoms with Crippen LogP contribution in [-0.2, 0) is 6.54 Å². The van der Waals surface area contributed by atoms with E-state index in [1.54, 1.807) is 0 Å². The molecule has 1 heterocycles. The van der Waals surface area contributed by atoms with Crippen LogP contribution in [0.3, 0.4) is 0 Å². The number of nitrogens with two attached hydrogens (primary N) is 1. The highest BCUT2D eigenvalue weighted by Crippen LogP contribution is 2.30. The lowest BCUT2D eigenvalue weighted by Crippen LogP contribution is -2.33. The van der Waals surface area contributed by atoms with Crippen molar-refractivity contribution in [2.75, 3.05) is 5.73 Å². The van der Waals surface area contributed by atoms with Gasteiger partial charge in [-0.3, -0.25) is 4.90 Å². The van der Waals surface area contributed by atoms with Crippen molar-refractivity contribution in [2.24, 2.45) is 0 Å². The molecular formula is C14H21ClN2. The highest BCUT2D eigenvalue weighted by Gasteiger charge is 2.29. The minimum atomic E-state index is 0.650. The molecule has 1 saturated heterocycles. The van der Waals surface area contributed by atoms with Crippen LogP contribution in [0.15, 0.2) is 18.2 Å². The Hall–Kier alpha value is -0.730. The van der Waals surface area contributed by atoms with E-state index in [4.69, 9.17) is 17.3 Å². The summed E-state index contributed by atoms with van der Waals surface area (Å²) in [5.74, 6) is 0. The third-order valence-corrected chi connectivity index (χ3v) is 4.22. The van der Waals surface area contributed by atoms with Crippen LogP contribution in [0.4, 0.5) is 5.69 Å². The van der Waals surface area contributed by atoms with Gasteiger partial charge in [0, 0.05) is 29.3 Å². The average Bonchev–Trinajstić information content (AvgIpc) is 2.65. The highest BCUT2D eigenvalue weighted by atomic mass is 35.5. The molecular weight excluding hydrogens is 232 g/mol. The van der Waals surface area contributed by atoms with Gasteiger partial charge in [-0.2, -0.15) is 0 Å². The van der Waals surface area contributed by atoms with Crippen LogP contribution in [0.25, 0.3) is 0 Å². The van der Waals surface area contributed by atoms with Crippen LogP contribution >= 0.6 is 11.6 Å². The molecule has 2 atom stereocenters. The predicted molar refractivity (Wildman–Crippen MR) is 74.2 cm³/mol. The second-order valence-corrected chi connectivity index (χ2v) is 5.42. The number of halogens is 1. The maximum absolute atomic E-state index is 6.23. The summed E-state index contributed by atoms with van der Waals surface area (Å²) >= 11 is 6.23. The number of anilines is 1. The Kier molecular flexibility index (Phi) is 3.95. The number of nitrogens with zero attached hydrogens (tertiary/aromatic N) is 1. The molecule has 2 nitrogen and oxygen atoms in total. The van der Waals surface area contributed by atoms with Crippen molar-refractivity contribution in [3.8, 4) is 0 Å². The van der Waals surface area contributed by atoms with E-state index in [0.717, 1.165) is 22.8 Å². The topological polar surface area (TPSA) is 29.3 Å². The van der Waals surface area contributed by atoms with Gasteiger partial charge < -0.3 is 5.73 Å². The summed E-state index contributed by atoms with van der Waals surface area (Å²) in [7, 11) is 0. The van der Waals surface area contributed by atoms with Crippen LogP contribution in [0.5, 0.6) is 0 Å². The highest BCUT2D eigenvalue weighted by molar-refractivity contribution is 6.31. The van der Waals surface area contributed by atoms with E-state index in [2.05, 4.69) is 18.7 Å². The van der Waals surface area contributed by atoms with Gasteiger partial charge in [0.1, 0.15) is 0 Å². The maximum Gasteiger partial charge on any atom is 0.0452 e. The van der Waals surface area contributed by atoms with E-state index in [9.17, 15) is 0 Å². The van der Waals surface area contributed by atoms with E-state index in [1.807, 2.05) is 18.2 Å². The van der Waals surface area contributed by atoms with Crippen LogP contribution in [0, 0.1) is 0 Å². The summed E-state index contributed by atoms with van der Waals surface area (Å²) in [4.78, 5) is 2.56. The number of benzene rings is 1. The van der Waals surface area contributed by atoms with E-state index in [1.165, 1.54) is 19.3 Å². The lowest BCUT2D eigenvalue weighted by molar-refractivity contribution is 0.190. The zero-order valence-electron chi connectivity index (χ0n) is 10.6. The van der Waals surface area contributed by atoms with Gasteiger partial charge in [0.05, 0.1) is 0 Å². The molecule has 94 valence electrons. The van der Waals surface area contributed by atoms with E-state index in [-0.39, 0.29) is 0 Å². The summed E-state index contributed by atoms with van der Waals surface area (Å²) < 4.78 is 0. The molecule has 0 amide bonds. The Morgan fingerprint density at radius 1 is 1.41 bits per heavy atom. The summed E-state index contributed by atoms with van der Waals surface area (Å²) in [6, 6.07) is 7.10. The van der Waals surface area contributed by atoms with Crippen LogP contribution in [0.2, 0.25) is 5.02 Å². The molecule has 1 aliphatic rings. The Labute approximate surface area is 109 Å². The van der Waals surface area contributed by atoms with Gasteiger partial charge in [-0.05, 0) is 49.9 Å². The molecule has 3 heteroatoms. The largest absolute Gasteiger partial charge is 0.399 e. The molecule has 1 fully saturated rings. The molecule has 0 bridgehead atoms. The fourth-order valence-corrected chi connectivity index (χ4v) is 2.94. The van der Waals surface area contributed by atoms with Gasteiger partial charge in [0.15, 0.2) is 0 Å². The fourth-order valence-electron chi connectivity index (χ4n) is 2.76. The average molecular weight is 253 g/mol. The van der Waals surface area contributed by atoms with Gasteiger partial charge in [0.2, 0.25) is 0 Å². The third-order valence-electron chi connectivity index (χ3n) is 3.85. The van der Waals surface area contributed by atoms with Crippen molar-refractivity contribution >= 4 is 17.3 Å². The zero-order valence-corrected chi connectivity index (χ0v) is 11.4. The first-order valence-corrected chi connectivity index (χ1v) is 6.79. The summed E-state index contributed by atoms with van der Waals surface area (Å²) in [6.07, 6.45) is 3.81. The third kappa shape index (κ3) is 2.75. The Morgan fingerprint density at radius 2 is 2.18 bits per heavy atom. The van der Waals surface area contributed by atoms with Gasteiger partial charge in [-0.15, -0.1) is 0 Å². The molecule has 1 aromatic carbocycles. The number of hydrogen-bond donors (Lipinski definition) is 1. The number of hydrogen-bond acceptors (Lipinski definition) is 2. The molecule has 1 aliphatic heterocycles. The first-order valence-electron chi connectivity index (χ1n) is 6.41. The van der Waals surface area contributed by atoms with Crippen LogP contribution in [-0.4, -0.2) is 17.0 Å². The van der Waals surface area contributed by atoms with Crippen molar-refractivity contribution in [3.05, 3.63) is 28.8 Å². The van der Waals surface area contributed by atoms with Gasteiger partial charge in [0.25, 0.3) is 0 Å². The van der Waals surface area contributed by atoms with Crippen LogP contribution in [0.1, 0.15) is 38.7 Å². The molecule has 2 rings (SSSR count). The van der Waals surface area contributed by atoms with Crippen molar-refractivity contribution in [1.82, 2.24) is 4.90 Å². The SMILES string of the molecule is CCC1CCC(C)N1Cc1cc(N)ccc1Cl. The molecule has 0 saturated carbocycles. The quantitative estimate of drug-likeness (QED) is 0.832. The molecule has 2 N–H and O–H groups in total. The second kappa shape index (κ2) is 5.28. The number of rotatable bonds is 3. The normalized spacial score (nSPS) is 25.4. The molecule has 0 aliphatic carbocycles. The number of nitrogen functional groups attached to an aromatic ring is 1. The summed E-state index contributed by atoms with van der Waals surface area (Å²) in [6.45, 7) is 5.48. The van der Waals surface area contributed by atoms with E-state index < -0.39 is 0 Å². The lowest BCUT2D eigenvalue weighted by Gasteiger charge is -2.28. The van der Waals surface area contributed by atoms with E-state index >= 15 is 0 Å². The standard InChI is InChI=1S/C14H21ClN2/c1-3-13-6-4-10(2)17(13)9-11-8-12(16)5-7-14(11)15/h5,7-8,10,13H,3-4,6,9,16H2,1-2H3. The molecule has 0 radical (unpaired) electrons. The van der Waals surface area contributed by atoms with Crippen molar-refractivity contribution in [3.63, 3.8) is 0 Å². The van der Waals surface area contributed by atoms with Crippen LogP contribution < -0.4 is 5.73 Å². The van der Waals surface area contributed by atoms with Gasteiger partial charge >= 0.3 is 0 Å². The van der Waals surface area contributed by atoms with Crippen molar-refractivity contribution < 1.29 is 0 Å².